The standard InChI is InChI=1S/C23H22ClN3O7S/c1-33-21-12-19(23(28)25-17-5-4-6-18(11-17)27(29)30)20(13-22(21)34-2)26(35(3,31)32)14-15-7-9-16(24)10-8-15/h4-13H,14H2,1-3H3,(H,25,28). The van der Waals surface area contributed by atoms with Gasteiger partial charge in [0.2, 0.25) is 10.0 Å². The summed E-state index contributed by atoms with van der Waals surface area (Å²) in [6, 6.07) is 14.7. The van der Waals surface area contributed by atoms with E-state index < -0.39 is 20.9 Å². The number of sulfonamides is 1. The molecule has 0 heterocycles. The number of hydrogen-bond donors (Lipinski definition) is 1. The average Bonchev–Trinajstić information content (AvgIpc) is 2.82. The van der Waals surface area contributed by atoms with Gasteiger partial charge in [-0.2, -0.15) is 0 Å². The molecule has 1 N–H and O–H groups in total. The van der Waals surface area contributed by atoms with Crippen molar-refractivity contribution < 1.29 is 27.6 Å². The minimum Gasteiger partial charge on any atom is -0.493 e. The molecule has 1 amide bonds. The second-order valence-corrected chi connectivity index (χ2v) is 9.73. The molecule has 10 nitrogen and oxygen atoms in total. The number of ether oxygens (including phenoxy) is 2. The van der Waals surface area contributed by atoms with Gasteiger partial charge < -0.3 is 14.8 Å². The predicted octanol–water partition coefficient (Wildman–Crippen LogP) is 4.48. The maximum Gasteiger partial charge on any atom is 0.271 e. The monoisotopic (exact) mass is 519 g/mol. The number of halogens is 1. The van der Waals surface area contributed by atoms with Crippen LogP contribution in [0.5, 0.6) is 11.5 Å². The summed E-state index contributed by atoms with van der Waals surface area (Å²) < 4.78 is 37.4. The quantitative estimate of drug-likeness (QED) is 0.326. The molecule has 3 rings (SSSR count). The minimum atomic E-state index is -3.88. The molecule has 0 atom stereocenters. The van der Waals surface area contributed by atoms with Gasteiger partial charge in [0.25, 0.3) is 11.6 Å². The van der Waals surface area contributed by atoms with Crippen LogP contribution >= 0.6 is 11.6 Å². The van der Waals surface area contributed by atoms with Crippen LogP contribution in [-0.4, -0.2) is 39.7 Å². The van der Waals surface area contributed by atoms with E-state index in [2.05, 4.69) is 5.32 Å². The van der Waals surface area contributed by atoms with E-state index in [4.69, 9.17) is 21.1 Å². The first-order valence-electron chi connectivity index (χ1n) is 10.1. The van der Waals surface area contributed by atoms with Gasteiger partial charge in [0.05, 0.1) is 43.2 Å². The molecular weight excluding hydrogens is 498 g/mol. The zero-order valence-corrected chi connectivity index (χ0v) is 20.6. The lowest BCUT2D eigenvalue weighted by Crippen LogP contribution is -2.31. The molecule has 0 radical (unpaired) electrons. The number of hydrogen-bond acceptors (Lipinski definition) is 7. The largest absolute Gasteiger partial charge is 0.493 e. The van der Waals surface area contributed by atoms with Crippen LogP contribution in [0.4, 0.5) is 17.1 Å². The summed E-state index contributed by atoms with van der Waals surface area (Å²) in [6.07, 6.45) is 1.02. The maximum atomic E-state index is 13.3. The lowest BCUT2D eigenvalue weighted by molar-refractivity contribution is -0.384. The predicted molar refractivity (Wildman–Crippen MR) is 133 cm³/mol. The van der Waals surface area contributed by atoms with Crippen molar-refractivity contribution in [1.29, 1.82) is 0 Å². The number of nitro benzene ring substituents is 1. The lowest BCUT2D eigenvalue weighted by atomic mass is 10.1. The van der Waals surface area contributed by atoms with E-state index >= 15 is 0 Å². The van der Waals surface area contributed by atoms with Gasteiger partial charge in [-0.25, -0.2) is 8.42 Å². The molecule has 0 aliphatic rings. The van der Waals surface area contributed by atoms with Crippen molar-refractivity contribution in [2.45, 2.75) is 6.54 Å². The Bertz CT molecular complexity index is 1360. The molecule has 184 valence electrons. The Morgan fingerprint density at radius 1 is 1.06 bits per heavy atom. The molecule has 0 fully saturated rings. The number of nitro groups is 1. The number of benzene rings is 3. The van der Waals surface area contributed by atoms with Crippen LogP contribution in [0.1, 0.15) is 15.9 Å². The number of carbonyl (C=O) groups excluding carboxylic acids is 1. The van der Waals surface area contributed by atoms with Gasteiger partial charge in [-0.3, -0.25) is 19.2 Å². The highest BCUT2D eigenvalue weighted by Gasteiger charge is 2.27. The van der Waals surface area contributed by atoms with Crippen LogP contribution in [0.15, 0.2) is 60.7 Å². The molecule has 0 spiro atoms. The number of carbonyl (C=O) groups is 1. The van der Waals surface area contributed by atoms with E-state index in [1.54, 1.807) is 24.3 Å². The van der Waals surface area contributed by atoms with Crippen LogP contribution < -0.4 is 19.1 Å². The summed E-state index contributed by atoms with van der Waals surface area (Å²) in [5, 5.41) is 14.2. The molecule has 3 aromatic rings. The molecule has 0 unspecified atom stereocenters. The SMILES string of the molecule is COc1cc(C(=O)Nc2cccc([N+](=O)[O-])c2)c(N(Cc2ccc(Cl)cc2)S(C)(=O)=O)cc1OC. The Hall–Kier alpha value is -3.83. The van der Waals surface area contributed by atoms with E-state index in [-0.39, 0.29) is 40.7 Å². The zero-order chi connectivity index (χ0) is 25.8. The Morgan fingerprint density at radius 3 is 2.26 bits per heavy atom. The van der Waals surface area contributed by atoms with Crippen LogP contribution in [0.25, 0.3) is 0 Å². The Balaban J connectivity index is 2.12. The smallest absolute Gasteiger partial charge is 0.271 e. The zero-order valence-electron chi connectivity index (χ0n) is 19.0. The fraction of sp³-hybridized carbons (Fsp3) is 0.174. The molecule has 0 saturated carbocycles. The molecule has 0 saturated heterocycles. The highest BCUT2D eigenvalue weighted by atomic mass is 35.5. The normalized spacial score (nSPS) is 11.0. The lowest BCUT2D eigenvalue weighted by Gasteiger charge is -2.26. The van der Waals surface area contributed by atoms with Crippen molar-refractivity contribution in [2.24, 2.45) is 0 Å². The van der Waals surface area contributed by atoms with Gasteiger partial charge in [-0.15, -0.1) is 0 Å². The third kappa shape index (κ3) is 6.19. The minimum absolute atomic E-state index is 0.0306. The highest BCUT2D eigenvalue weighted by molar-refractivity contribution is 7.92. The number of anilines is 2. The highest BCUT2D eigenvalue weighted by Crippen LogP contribution is 2.37. The van der Waals surface area contributed by atoms with Crippen molar-refractivity contribution in [1.82, 2.24) is 0 Å². The third-order valence-corrected chi connectivity index (χ3v) is 6.35. The molecular formula is C23H22ClN3O7S. The van der Waals surface area contributed by atoms with Gasteiger partial charge >= 0.3 is 0 Å². The summed E-state index contributed by atoms with van der Waals surface area (Å²) in [6.45, 7) is -0.0947. The van der Waals surface area contributed by atoms with Crippen molar-refractivity contribution in [2.75, 3.05) is 30.1 Å². The van der Waals surface area contributed by atoms with Crippen molar-refractivity contribution in [3.05, 3.63) is 86.9 Å². The summed E-state index contributed by atoms with van der Waals surface area (Å²) in [4.78, 5) is 23.8. The van der Waals surface area contributed by atoms with Crippen LogP contribution in [0.2, 0.25) is 5.02 Å². The molecule has 0 bridgehead atoms. The fourth-order valence-corrected chi connectivity index (χ4v) is 4.31. The number of rotatable bonds is 9. The van der Waals surface area contributed by atoms with Gasteiger partial charge in [0.15, 0.2) is 11.5 Å². The molecule has 0 aromatic heterocycles. The third-order valence-electron chi connectivity index (χ3n) is 4.97. The summed E-state index contributed by atoms with van der Waals surface area (Å²) in [5.74, 6) is -0.300. The van der Waals surface area contributed by atoms with Crippen LogP contribution in [0.3, 0.4) is 0 Å². The summed E-state index contributed by atoms with van der Waals surface area (Å²) >= 11 is 5.95. The van der Waals surface area contributed by atoms with Gasteiger partial charge in [0, 0.05) is 28.9 Å². The second kappa shape index (κ2) is 10.6. The summed E-state index contributed by atoms with van der Waals surface area (Å²) in [7, 11) is -1.12. The molecule has 0 aliphatic carbocycles. The van der Waals surface area contributed by atoms with Crippen LogP contribution in [0, 0.1) is 10.1 Å². The number of amides is 1. The van der Waals surface area contributed by atoms with Gasteiger partial charge in [-0.05, 0) is 29.8 Å². The van der Waals surface area contributed by atoms with E-state index in [9.17, 15) is 23.3 Å². The first-order valence-corrected chi connectivity index (χ1v) is 12.3. The van der Waals surface area contributed by atoms with E-state index in [1.165, 1.54) is 50.6 Å². The van der Waals surface area contributed by atoms with Gasteiger partial charge in [0.1, 0.15) is 0 Å². The molecule has 0 aliphatic heterocycles. The van der Waals surface area contributed by atoms with Crippen LogP contribution in [-0.2, 0) is 16.6 Å². The molecule has 35 heavy (non-hydrogen) atoms. The molecule has 3 aromatic carbocycles. The van der Waals surface area contributed by atoms with E-state index in [1.807, 2.05) is 0 Å². The van der Waals surface area contributed by atoms with Crippen molar-refractivity contribution in [3.63, 3.8) is 0 Å². The fourth-order valence-electron chi connectivity index (χ4n) is 3.29. The Labute approximate surface area is 207 Å². The topological polar surface area (TPSA) is 128 Å². The second-order valence-electron chi connectivity index (χ2n) is 7.38. The summed E-state index contributed by atoms with van der Waals surface area (Å²) in [5.41, 5.74) is 0.556. The van der Waals surface area contributed by atoms with Crippen molar-refractivity contribution >= 4 is 44.6 Å². The number of non-ortho nitro benzene ring substituents is 1. The number of nitrogens with one attached hydrogen (secondary N) is 1. The average molecular weight is 520 g/mol. The number of methoxy groups -OCH3 is 2. The van der Waals surface area contributed by atoms with Crippen molar-refractivity contribution in [3.8, 4) is 11.5 Å². The first-order chi connectivity index (χ1) is 16.5. The first kappa shape index (κ1) is 25.8. The van der Waals surface area contributed by atoms with E-state index in [0.29, 0.717) is 10.6 Å². The maximum absolute atomic E-state index is 13.3. The number of nitrogens with zero attached hydrogens (tertiary/aromatic N) is 2. The Kier molecular flexibility index (Phi) is 7.82. The van der Waals surface area contributed by atoms with E-state index in [0.717, 1.165) is 10.6 Å². The molecule has 12 heteroatoms. The Morgan fingerprint density at radius 2 is 1.69 bits per heavy atom. The van der Waals surface area contributed by atoms with Gasteiger partial charge in [-0.1, -0.05) is 29.8 Å².